The molecule has 0 spiro atoms. The van der Waals surface area contributed by atoms with Gasteiger partial charge in [0.15, 0.2) is 0 Å². The van der Waals surface area contributed by atoms with E-state index in [2.05, 4.69) is 41.8 Å². The number of pyridine rings is 2. The number of aryl methyl sites for hydroxylation is 2. The number of benzene rings is 1. The Labute approximate surface area is 157 Å². The van der Waals surface area contributed by atoms with Gasteiger partial charge in [-0.1, -0.05) is 0 Å². The molecule has 0 aliphatic rings. The van der Waals surface area contributed by atoms with Crippen LogP contribution in [0.25, 0.3) is 22.5 Å². The number of nitrogen functional groups attached to an aromatic ring is 2. The fraction of sp³-hybridized carbons (Fsp3) is 0.111. The Morgan fingerprint density at radius 1 is 0.708 bits per heavy atom. The average molecular weight is 448 g/mol. The summed E-state index contributed by atoms with van der Waals surface area (Å²) in [6.45, 7) is 4.02. The van der Waals surface area contributed by atoms with Crippen molar-refractivity contribution in [1.29, 1.82) is 0 Å². The van der Waals surface area contributed by atoms with Crippen molar-refractivity contribution >= 4 is 43.2 Å². The molecule has 0 amide bonds. The minimum atomic E-state index is 0.511. The summed E-state index contributed by atoms with van der Waals surface area (Å²) in [5, 5.41) is 0. The van der Waals surface area contributed by atoms with E-state index in [1.54, 1.807) is 0 Å². The molecule has 0 aliphatic carbocycles. The van der Waals surface area contributed by atoms with E-state index in [1.165, 1.54) is 0 Å². The molecule has 0 saturated heterocycles. The van der Waals surface area contributed by atoms with E-state index < -0.39 is 0 Å². The summed E-state index contributed by atoms with van der Waals surface area (Å²) >= 11 is 6.84. The summed E-state index contributed by atoms with van der Waals surface area (Å²) < 4.78 is 1.53. The molecule has 24 heavy (non-hydrogen) atoms. The molecule has 1 aromatic carbocycles. The summed E-state index contributed by atoms with van der Waals surface area (Å²) in [4.78, 5) is 8.99. The minimum absolute atomic E-state index is 0.511. The predicted octanol–water partition coefficient (Wildman–Crippen LogP) is 5.12. The zero-order valence-electron chi connectivity index (χ0n) is 13.3. The molecule has 0 bridgehead atoms. The lowest BCUT2D eigenvalue weighted by Crippen LogP contribution is -2.02. The molecule has 122 valence electrons. The highest BCUT2D eigenvalue weighted by molar-refractivity contribution is 9.10. The van der Waals surface area contributed by atoms with Crippen LogP contribution in [-0.4, -0.2) is 9.97 Å². The monoisotopic (exact) mass is 446 g/mol. The molecule has 4 nitrogen and oxygen atoms in total. The number of nitrogens with two attached hydrogens (primary N) is 2. The second kappa shape index (κ2) is 6.53. The van der Waals surface area contributed by atoms with Crippen LogP contribution in [0, 0.1) is 13.8 Å². The molecule has 6 heteroatoms. The van der Waals surface area contributed by atoms with Gasteiger partial charge in [0.25, 0.3) is 0 Å². The van der Waals surface area contributed by atoms with E-state index in [1.807, 2.05) is 50.2 Å². The molecule has 3 aromatic rings. The van der Waals surface area contributed by atoms with Crippen molar-refractivity contribution in [3.8, 4) is 22.5 Å². The number of anilines is 2. The first-order valence-corrected chi connectivity index (χ1v) is 8.91. The Hall–Kier alpha value is -1.92. The van der Waals surface area contributed by atoms with Crippen LogP contribution in [0.3, 0.4) is 0 Å². The van der Waals surface area contributed by atoms with Gasteiger partial charge in [-0.15, -0.1) is 0 Å². The third-order valence-electron chi connectivity index (χ3n) is 3.72. The zero-order chi connectivity index (χ0) is 17.4. The second-order valence-corrected chi connectivity index (χ2v) is 7.32. The molecular formula is C18H16Br2N4. The van der Waals surface area contributed by atoms with E-state index in [0.717, 1.165) is 42.8 Å². The fourth-order valence-corrected chi connectivity index (χ4v) is 3.71. The first kappa shape index (κ1) is 16.9. The predicted molar refractivity (Wildman–Crippen MR) is 107 cm³/mol. The quantitative estimate of drug-likeness (QED) is 0.422. The summed E-state index contributed by atoms with van der Waals surface area (Å²) in [5.74, 6) is 0. The van der Waals surface area contributed by atoms with Gasteiger partial charge in [0.2, 0.25) is 0 Å². The Morgan fingerprint density at radius 2 is 1.08 bits per heavy atom. The van der Waals surface area contributed by atoms with E-state index in [-0.39, 0.29) is 0 Å². The molecule has 0 radical (unpaired) electrons. The Morgan fingerprint density at radius 3 is 1.42 bits per heavy atom. The molecule has 2 aromatic heterocycles. The van der Waals surface area contributed by atoms with Crippen LogP contribution in [-0.2, 0) is 0 Å². The molecule has 0 aliphatic heterocycles. The Bertz CT molecular complexity index is 822. The van der Waals surface area contributed by atoms with Gasteiger partial charge in [0.1, 0.15) is 9.21 Å². The highest BCUT2D eigenvalue weighted by atomic mass is 79.9. The summed E-state index contributed by atoms with van der Waals surface area (Å²) in [6, 6.07) is 11.7. The van der Waals surface area contributed by atoms with E-state index in [9.17, 15) is 0 Å². The van der Waals surface area contributed by atoms with Gasteiger partial charge in [-0.25, -0.2) is 9.97 Å². The van der Waals surface area contributed by atoms with Gasteiger partial charge in [-0.05, 0) is 93.2 Å². The van der Waals surface area contributed by atoms with E-state index in [4.69, 9.17) is 11.5 Å². The minimum Gasteiger partial charge on any atom is -0.396 e. The van der Waals surface area contributed by atoms with Crippen LogP contribution >= 0.6 is 31.9 Å². The van der Waals surface area contributed by atoms with Crippen LogP contribution in [0.15, 0.2) is 45.6 Å². The van der Waals surface area contributed by atoms with Crippen molar-refractivity contribution in [1.82, 2.24) is 9.97 Å². The maximum Gasteiger partial charge on any atom is 0.107 e. The third kappa shape index (κ3) is 3.30. The largest absolute Gasteiger partial charge is 0.396 e. The van der Waals surface area contributed by atoms with E-state index >= 15 is 0 Å². The van der Waals surface area contributed by atoms with Gasteiger partial charge in [-0.2, -0.15) is 0 Å². The van der Waals surface area contributed by atoms with Gasteiger partial charge in [0.05, 0.1) is 22.8 Å². The zero-order valence-corrected chi connectivity index (χ0v) is 16.4. The van der Waals surface area contributed by atoms with Gasteiger partial charge in [-0.3, -0.25) is 0 Å². The molecular weight excluding hydrogens is 432 g/mol. The SMILES string of the molecule is Cc1cc(Br)nc(-c2ccc(-c3cc(C)cc(Br)n3)c(N)c2N)c1. The second-order valence-electron chi connectivity index (χ2n) is 5.69. The highest BCUT2D eigenvalue weighted by Crippen LogP contribution is 2.37. The van der Waals surface area contributed by atoms with Crippen molar-refractivity contribution < 1.29 is 0 Å². The highest BCUT2D eigenvalue weighted by Gasteiger charge is 2.14. The molecule has 4 N–H and O–H groups in total. The number of hydrogen-bond donors (Lipinski definition) is 2. The number of rotatable bonds is 2. The van der Waals surface area contributed by atoms with Crippen LogP contribution in [0.4, 0.5) is 11.4 Å². The number of aromatic nitrogens is 2. The molecule has 0 saturated carbocycles. The smallest absolute Gasteiger partial charge is 0.107 e. The van der Waals surface area contributed by atoms with Crippen molar-refractivity contribution in [2.24, 2.45) is 0 Å². The van der Waals surface area contributed by atoms with Crippen LogP contribution in [0.2, 0.25) is 0 Å². The lowest BCUT2D eigenvalue weighted by Gasteiger charge is -2.13. The Balaban J connectivity index is 2.15. The molecule has 2 heterocycles. The van der Waals surface area contributed by atoms with Crippen molar-refractivity contribution in [3.63, 3.8) is 0 Å². The van der Waals surface area contributed by atoms with Crippen LogP contribution < -0.4 is 11.5 Å². The lowest BCUT2D eigenvalue weighted by atomic mass is 10.00. The fourth-order valence-electron chi connectivity index (χ4n) is 2.61. The van der Waals surface area contributed by atoms with E-state index in [0.29, 0.717) is 11.4 Å². The molecule has 0 unspecified atom stereocenters. The average Bonchev–Trinajstić information content (AvgIpc) is 2.47. The Kier molecular flexibility index (Phi) is 4.60. The molecule has 3 rings (SSSR count). The van der Waals surface area contributed by atoms with Crippen LogP contribution in [0.5, 0.6) is 0 Å². The number of hydrogen-bond acceptors (Lipinski definition) is 4. The summed E-state index contributed by atoms with van der Waals surface area (Å²) in [7, 11) is 0. The van der Waals surface area contributed by atoms with Crippen molar-refractivity contribution in [2.75, 3.05) is 11.5 Å². The van der Waals surface area contributed by atoms with Gasteiger partial charge < -0.3 is 11.5 Å². The van der Waals surface area contributed by atoms with Gasteiger partial charge in [0, 0.05) is 11.1 Å². The summed E-state index contributed by atoms with van der Waals surface area (Å²) in [6.07, 6.45) is 0. The third-order valence-corrected chi connectivity index (χ3v) is 4.53. The lowest BCUT2D eigenvalue weighted by molar-refractivity contribution is 1.24. The number of halogens is 2. The van der Waals surface area contributed by atoms with Gasteiger partial charge >= 0.3 is 0 Å². The van der Waals surface area contributed by atoms with Crippen molar-refractivity contribution in [2.45, 2.75) is 13.8 Å². The first-order chi connectivity index (χ1) is 11.3. The molecule has 0 fully saturated rings. The van der Waals surface area contributed by atoms with Crippen molar-refractivity contribution in [3.05, 3.63) is 56.7 Å². The summed E-state index contributed by atoms with van der Waals surface area (Å²) in [5.41, 5.74) is 19.0. The first-order valence-electron chi connectivity index (χ1n) is 7.32. The standard InChI is InChI=1S/C18H16Br2N4/c1-9-5-13(23-15(19)7-9)11-3-4-12(18(22)17(11)21)14-6-10(2)8-16(20)24-14/h3-8H,21-22H2,1-2H3. The number of nitrogens with zero attached hydrogens (tertiary/aromatic N) is 2. The maximum absolute atomic E-state index is 6.31. The normalized spacial score (nSPS) is 10.8. The topological polar surface area (TPSA) is 77.8 Å². The molecule has 0 atom stereocenters. The van der Waals surface area contributed by atoms with Crippen LogP contribution in [0.1, 0.15) is 11.1 Å². The maximum atomic E-state index is 6.31.